The summed E-state index contributed by atoms with van der Waals surface area (Å²) in [5.74, 6) is -0.150. The minimum atomic E-state index is -0.150. The predicted octanol–water partition coefficient (Wildman–Crippen LogP) is 4.46. The van der Waals surface area contributed by atoms with Gasteiger partial charge in [-0.3, -0.25) is 0 Å². The Morgan fingerprint density at radius 2 is 1.76 bits per heavy atom. The second-order valence-corrected chi connectivity index (χ2v) is 7.47. The minimum absolute atomic E-state index is 0.103. The summed E-state index contributed by atoms with van der Waals surface area (Å²) in [5.41, 5.74) is 0.903. The molecule has 0 heterocycles. The van der Waals surface area contributed by atoms with Crippen molar-refractivity contribution in [2.24, 2.45) is 5.41 Å². The topological polar surface area (TPSA) is 15.3 Å². The number of para-hydroxylation sites is 1. The summed E-state index contributed by atoms with van der Waals surface area (Å²) in [5, 5.41) is 3.60. The molecule has 0 bridgehead atoms. The van der Waals surface area contributed by atoms with Crippen molar-refractivity contribution in [1.82, 2.24) is 5.32 Å². The van der Waals surface area contributed by atoms with Gasteiger partial charge in [-0.05, 0) is 44.7 Å². The summed E-state index contributed by atoms with van der Waals surface area (Å²) in [6.07, 6.45) is 2.25. The fraction of sp³-hybridized carbons (Fsp3) is 0.667. The molecule has 1 rings (SSSR count). The van der Waals surface area contributed by atoms with Crippen LogP contribution >= 0.6 is 0 Å². The Bertz CT molecular complexity index is 439. The van der Waals surface area contributed by atoms with E-state index in [2.05, 4.69) is 39.9 Å². The third kappa shape index (κ3) is 6.04. The summed E-state index contributed by atoms with van der Waals surface area (Å²) in [6.45, 7) is 12.8. The molecule has 0 spiro atoms. The Labute approximate surface area is 129 Å². The fourth-order valence-corrected chi connectivity index (χ4v) is 2.72. The van der Waals surface area contributed by atoms with Gasteiger partial charge in [0.25, 0.3) is 0 Å². The van der Waals surface area contributed by atoms with Gasteiger partial charge in [0, 0.05) is 25.7 Å². The van der Waals surface area contributed by atoms with Gasteiger partial charge < -0.3 is 10.2 Å². The van der Waals surface area contributed by atoms with E-state index in [0.717, 1.165) is 25.9 Å². The van der Waals surface area contributed by atoms with E-state index in [0.29, 0.717) is 5.69 Å². The smallest absolute Gasteiger partial charge is 0.146 e. The predicted molar refractivity (Wildman–Crippen MR) is 90.4 cm³/mol. The van der Waals surface area contributed by atoms with Gasteiger partial charge in [-0.2, -0.15) is 0 Å². The Balaban J connectivity index is 2.79. The van der Waals surface area contributed by atoms with Gasteiger partial charge in [-0.15, -0.1) is 0 Å². The van der Waals surface area contributed by atoms with Crippen molar-refractivity contribution in [3.8, 4) is 0 Å². The van der Waals surface area contributed by atoms with Gasteiger partial charge in [-0.25, -0.2) is 4.39 Å². The monoisotopic (exact) mass is 294 g/mol. The van der Waals surface area contributed by atoms with E-state index in [1.165, 1.54) is 6.07 Å². The average molecular weight is 294 g/mol. The summed E-state index contributed by atoms with van der Waals surface area (Å²) in [4.78, 5) is 2.04. The molecule has 0 radical (unpaired) electrons. The second-order valence-electron chi connectivity index (χ2n) is 7.47. The number of hydrogen-bond acceptors (Lipinski definition) is 2. The van der Waals surface area contributed by atoms with Crippen molar-refractivity contribution in [3.05, 3.63) is 30.1 Å². The zero-order valence-corrected chi connectivity index (χ0v) is 14.5. The van der Waals surface area contributed by atoms with Gasteiger partial charge in [0.1, 0.15) is 5.82 Å². The van der Waals surface area contributed by atoms with Crippen LogP contribution in [0.3, 0.4) is 0 Å². The zero-order chi connectivity index (χ0) is 16.1. The van der Waals surface area contributed by atoms with Gasteiger partial charge in [0.05, 0.1) is 5.69 Å². The number of benzene rings is 1. The van der Waals surface area contributed by atoms with Crippen LogP contribution in [0.1, 0.15) is 47.5 Å². The van der Waals surface area contributed by atoms with Crippen molar-refractivity contribution in [2.45, 2.75) is 53.0 Å². The molecule has 0 saturated carbocycles. The lowest BCUT2D eigenvalue weighted by Gasteiger charge is -2.37. The molecule has 0 aliphatic rings. The highest BCUT2D eigenvalue weighted by Gasteiger charge is 2.27. The van der Waals surface area contributed by atoms with E-state index in [9.17, 15) is 4.39 Å². The van der Waals surface area contributed by atoms with Crippen molar-refractivity contribution in [3.63, 3.8) is 0 Å². The molecule has 1 aromatic rings. The maximum absolute atomic E-state index is 13.9. The molecule has 2 nitrogen and oxygen atoms in total. The van der Waals surface area contributed by atoms with E-state index in [1.807, 2.05) is 24.1 Å². The van der Waals surface area contributed by atoms with Crippen LogP contribution in [0.2, 0.25) is 0 Å². The van der Waals surface area contributed by atoms with Crippen molar-refractivity contribution >= 4 is 5.69 Å². The SMILES string of the molecule is CCCC(C)(CNC(C)(C)C)CN(C)c1ccccc1F. The van der Waals surface area contributed by atoms with Crippen LogP contribution in [0.15, 0.2) is 24.3 Å². The molecule has 3 heteroatoms. The minimum Gasteiger partial charge on any atom is -0.372 e. The molecule has 0 saturated heterocycles. The van der Waals surface area contributed by atoms with E-state index >= 15 is 0 Å². The molecule has 21 heavy (non-hydrogen) atoms. The first-order chi connectivity index (χ1) is 9.67. The van der Waals surface area contributed by atoms with Crippen molar-refractivity contribution < 1.29 is 4.39 Å². The maximum atomic E-state index is 13.9. The van der Waals surface area contributed by atoms with Crippen LogP contribution in [0, 0.1) is 11.2 Å². The normalized spacial score (nSPS) is 14.8. The van der Waals surface area contributed by atoms with Crippen LogP contribution in [0.4, 0.5) is 10.1 Å². The second kappa shape index (κ2) is 7.26. The number of anilines is 1. The lowest BCUT2D eigenvalue weighted by atomic mass is 9.84. The Kier molecular flexibility index (Phi) is 6.21. The van der Waals surface area contributed by atoms with Crippen molar-refractivity contribution in [1.29, 1.82) is 0 Å². The van der Waals surface area contributed by atoms with Gasteiger partial charge in [-0.1, -0.05) is 32.4 Å². The van der Waals surface area contributed by atoms with Crippen LogP contribution in [-0.4, -0.2) is 25.7 Å². The number of nitrogens with zero attached hydrogens (tertiary/aromatic N) is 1. The first-order valence-corrected chi connectivity index (χ1v) is 7.87. The summed E-state index contributed by atoms with van der Waals surface area (Å²) < 4.78 is 13.9. The Morgan fingerprint density at radius 3 is 2.29 bits per heavy atom. The Morgan fingerprint density at radius 1 is 1.14 bits per heavy atom. The first-order valence-electron chi connectivity index (χ1n) is 7.87. The summed E-state index contributed by atoms with van der Waals surface area (Å²) in [6, 6.07) is 6.99. The highest BCUT2D eigenvalue weighted by Crippen LogP contribution is 2.28. The van der Waals surface area contributed by atoms with Crippen LogP contribution in [0.25, 0.3) is 0 Å². The standard InChI is InChI=1S/C18H31FN2/c1-7-12-18(5,13-20-17(2,3)4)14-21(6)16-11-9-8-10-15(16)19/h8-11,20H,7,12-14H2,1-6H3. The highest BCUT2D eigenvalue weighted by atomic mass is 19.1. The highest BCUT2D eigenvalue weighted by molar-refractivity contribution is 5.46. The van der Waals surface area contributed by atoms with Gasteiger partial charge in [0.15, 0.2) is 0 Å². The third-order valence-corrected chi connectivity index (χ3v) is 3.78. The van der Waals surface area contributed by atoms with Crippen LogP contribution in [0.5, 0.6) is 0 Å². The number of rotatable bonds is 7. The largest absolute Gasteiger partial charge is 0.372 e. The summed E-state index contributed by atoms with van der Waals surface area (Å²) >= 11 is 0. The molecule has 1 aromatic carbocycles. The molecule has 1 atom stereocenters. The van der Waals surface area contributed by atoms with Crippen molar-refractivity contribution in [2.75, 3.05) is 25.0 Å². The number of hydrogen-bond donors (Lipinski definition) is 1. The van der Waals surface area contributed by atoms with Gasteiger partial charge >= 0.3 is 0 Å². The summed E-state index contributed by atoms with van der Waals surface area (Å²) in [7, 11) is 1.98. The molecule has 120 valence electrons. The molecule has 0 aliphatic heterocycles. The van der Waals surface area contributed by atoms with E-state index in [-0.39, 0.29) is 16.8 Å². The quantitative estimate of drug-likeness (QED) is 0.799. The molecule has 1 unspecified atom stereocenters. The molecule has 0 aromatic heterocycles. The lowest BCUT2D eigenvalue weighted by Crippen LogP contribution is -2.47. The van der Waals surface area contributed by atoms with Gasteiger partial charge in [0.2, 0.25) is 0 Å². The molecular weight excluding hydrogens is 263 g/mol. The molecule has 0 fully saturated rings. The molecule has 1 N–H and O–H groups in total. The number of nitrogens with one attached hydrogen (secondary N) is 1. The maximum Gasteiger partial charge on any atom is 0.146 e. The zero-order valence-electron chi connectivity index (χ0n) is 14.5. The Hall–Kier alpha value is -1.09. The molecular formula is C18H31FN2. The molecule has 0 amide bonds. The lowest BCUT2D eigenvalue weighted by molar-refractivity contribution is 0.251. The van der Waals surface area contributed by atoms with Crippen LogP contribution in [-0.2, 0) is 0 Å². The van der Waals surface area contributed by atoms with Crippen LogP contribution < -0.4 is 10.2 Å². The fourth-order valence-electron chi connectivity index (χ4n) is 2.72. The van der Waals surface area contributed by atoms with E-state index in [4.69, 9.17) is 0 Å². The first kappa shape index (κ1) is 18.0. The average Bonchev–Trinajstić information content (AvgIpc) is 2.36. The molecule has 0 aliphatic carbocycles. The van der Waals surface area contributed by atoms with E-state index in [1.54, 1.807) is 6.07 Å². The van der Waals surface area contributed by atoms with E-state index < -0.39 is 0 Å². The third-order valence-electron chi connectivity index (χ3n) is 3.78. The number of halogens is 1.